The highest BCUT2D eigenvalue weighted by molar-refractivity contribution is 8.18. The van der Waals surface area contributed by atoms with Crippen LogP contribution in [-0.4, -0.2) is 30.2 Å². The molecule has 0 bridgehead atoms. The van der Waals surface area contributed by atoms with Gasteiger partial charge in [0.2, 0.25) is 0 Å². The van der Waals surface area contributed by atoms with Crippen LogP contribution < -0.4 is 20.1 Å². The highest BCUT2D eigenvalue weighted by Crippen LogP contribution is 2.32. The number of hydrogen-bond acceptors (Lipinski definition) is 6. The zero-order valence-electron chi connectivity index (χ0n) is 19.7. The van der Waals surface area contributed by atoms with Crippen molar-refractivity contribution in [2.45, 2.75) is 13.8 Å². The van der Waals surface area contributed by atoms with Crippen molar-refractivity contribution in [3.63, 3.8) is 0 Å². The largest absolute Gasteiger partial charge is 0.490 e. The molecule has 0 saturated carbocycles. The molecule has 9 heteroatoms. The molecule has 3 aromatic rings. The summed E-state index contributed by atoms with van der Waals surface area (Å²) in [4.78, 5) is 29.7. The van der Waals surface area contributed by atoms with Crippen molar-refractivity contribution in [2.75, 3.05) is 18.5 Å². The van der Waals surface area contributed by atoms with Crippen molar-refractivity contribution in [3.8, 4) is 11.5 Å². The maximum atomic E-state index is 12.5. The lowest BCUT2D eigenvalue weighted by Crippen LogP contribution is -2.20. The van der Waals surface area contributed by atoms with E-state index in [-0.39, 0.29) is 18.4 Å². The van der Waals surface area contributed by atoms with Crippen LogP contribution in [0.15, 0.2) is 76.6 Å². The highest BCUT2D eigenvalue weighted by atomic mass is 35.5. The normalized spacial score (nSPS) is 15.1. The molecule has 7 nitrogen and oxygen atoms in total. The molecular weight excluding hydrogens is 498 g/mol. The predicted molar refractivity (Wildman–Crippen MR) is 145 cm³/mol. The summed E-state index contributed by atoms with van der Waals surface area (Å²) in [6.07, 6.45) is 1.75. The number of rotatable bonds is 8. The van der Waals surface area contributed by atoms with Crippen LogP contribution in [-0.2, 0) is 9.59 Å². The summed E-state index contributed by atoms with van der Waals surface area (Å²) in [5.74, 6) is 0.403. The van der Waals surface area contributed by atoms with Gasteiger partial charge in [-0.15, -0.1) is 0 Å². The molecular formula is C27H24ClN3O4S. The first-order chi connectivity index (χ1) is 17.4. The number of benzene rings is 3. The third-order valence-electron chi connectivity index (χ3n) is 4.93. The molecule has 3 aromatic carbocycles. The van der Waals surface area contributed by atoms with Gasteiger partial charge in [-0.2, -0.15) is 0 Å². The molecule has 1 saturated heterocycles. The van der Waals surface area contributed by atoms with E-state index in [1.54, 1.807) is 48.5 Å². The molecule has 0 aromatic heterocycles. The Balaban J connectivity index is 1.44. The molecule has 0 atom stereocenters. The second kappa shape index (κ2) is 11.8. The van der Waals surface area contributed by atoms with E-state index in [4.69, 9.17) is 21.1 Å². The summed E-state index contributed by atoms with van der Waals surface area (Å²) in [7, 11) is 0. The zero-order valence-corrected chi connectivity index (χ0v) is 21.3. The van der Waals surface area contributed by atoms with Crippen molar-refractivity contribution < 1.29 is 19.1 Å². The number of aliphatic imine (C=N–C) groups is 1. The number of amidine groups is 1. The van der Waals surface area contributed by atoms with E-state index in [1.165, 1.54) is 11.8 Å². The number of amides is 2. The Labute approximate surface area is 218 Å². The molecule has 1 aliphatic heterocycles. The van der Waals surface area contributed by atoms with Gasteiger partial charge in [0.25, 0.3) is 11.8 Å². The van der Waals surface area contributed by atoms with Gasteiger partial charge in [-0.25, -0.2) is 4.99 Å². The van der Waals surface area contributed by atoms with Crippen LogP contribution in [0.3, 0.4) is 0 Å². The smallest absolute Gasteiger partial charge is 0.264 e. The van der Waals surface area contributed by atoms with Gasteiger partial charge in [-0.05, 0) is 91.3 Å². The number of nitrogens with zero attached hydrogens (tertiary/aromatic N) is 1. The van der Waals surface area contributed by atoms with Crippen molar-refractivity contribution in [1.82, 2.24) is 5.32 Å². The summed E-state index contributed by atoms with van der Waals surface area (Å²) in [6.45, 7) is 4.06. The summed E-state index contributed by atoms with van der Waals surface area (Å²) in [5, 5.41) is 6.68. The van der Waals surface area contributed by atoms with Crippen LogP contribution >= 0.6 is 23.4 Å². The van der Waals surface area contributed by atoms with Crippen LogP contribution in [0.1, 0.15) is 18.1 Å². The first-order valence-electron chi connectivity index (χ1n) is 11.2. The van der Waals surface area contributed by atoms with Gasteiger partial charge in [0, 0.05) is 10.7 Å². The second-order valence-corrected chi connectivity index (χ2v) is 9.27. The van der Waals surface area contributed by atoms with Gasteiger partial charge in [-0.1, -0.05) is 29.8 Å². The average molecular weight is 522 g/mol. The third-order valence-corrected chi connectivity index (χ3v) is 6.10. The van der Waals surface area contributed by atoms with Crippen LogP contribution in [0.4, 0.5) is 11.4 Å². The minimum atomic E-state index is -0.277. The van der Waals surface area contributed by atoms with Gasteiger partial charge in [0.1, 0.15) is 0 Å². The average Bonchev–Trinajstić information content (AvgIpc) is 3.18. The van der Waals surface area contributed by atoms with E-state index < -0.39 is 0 Å². The number of hydrogen-bond donors (Lipinski definition) is 2. The number of aryl methyl sites for hydroxylation is 1. The molecule has 0 unspecified atom stereocenters. The molecule has 1 fully saturated rings. The van der Waals surface area contributed by atoms with Crippen molar-refractivity contribution >= 4 is 57.8 Å². The SMILES string of the molecule is CCOc1cc(/C=C2\SC(=Nc3ccc(Cl)cc3)NC2=O)ccc1OCC(=O)Nc1cccc(C)c1. The fourth-order valence-corrected chi connectivity index (χ4v) is 4.30. The Hall–Kier alpha value is -3.75. The minimum absolute atomic E-state index is 0.169. The topological polar surface area (TPSA) is 89.0 Å². The maximum absolute atomic E-state index is 12.5. The molecule has 36 heavy (non-hydrogen) atoms. The maximum Gasteiger partial charge on any atom is 0.264 e. The van der Waals surface area contributed by atoms with E-state index >= 15 is 0 Å². The molecule has 1 aliphatic rings. The number of ether oxygens (including phenoxy) is 2. The van der Waals surface area contributed by atoms with Crippen LogP contribution in [0, 0.1) is 6.92 Å². The lowest BCUT2D eigenvalue weighted by Gasteiger charge is -2.13. The highest BCUT2D eigenvalue weighted by Gasteiger charge is 2.24. The van der Waals surface area contributed by atoms with E-state index in [0.29, 0.717) is 44.6 Å². The number of carbonyl (C=O) groups is 2. The summed E-state index contributed by atoms with van der Waals surface area (Å²) < 4.78 is 11.4. The number of anilines is 1. The van der Waals surface area contributed by atoms with E-state index in [0.717, 1.165) is 11.1 Å². The number of halogens is 1. The van der Waals surface area contributed by atoms with Crippen LogP contribution in [0.5, 0.6) is 11.5 Å². The molecule has 1 heterocycles. The number of carbonyl (C=O) groups excluding carboxylic acids is 2. The Morgan fingerprint density at radius 3 is 2.64 bits per heavy atom. The molecule has 0 aliphatic carbocycles. The fourth-order valence-electron chi connectivity index (χ4n) is 3.33. The molecule has 2 N–H and O–H groups in total. The standard InChI is InChI=1S/C27H24ClN3O4S/c1-3-34-23-14-18(7-12-22(23)35-16-25(32)29-21-6-4-5-17(2)13-21)15-24-26(33)31-27(36-24)30-20-10-8-19(28)9-11-20/h4-15H,3,16H2,1-2H3,(H,29,32)(H,30,31,33)/b24-15-. The van der Waals surface area contributed by atoms with Gasteiger partial charge in [0.05, 0.1) is 17.2 Å². The van der Waals surface area contributed by atoms with E-state index in [1.807, 2.05) is 38.1 Å². The monoisotopic (exact) mass is 521 g/mol. The second-order valence-electron chi connectivity index (χ2n) is 7.80. The fraction of sp³-hybridized carbons (Fsp3) is 0.148. The lowest BCUT2D eigenvalue weighted by molar-refractivity contribution is -0.118. The van der Waals surface area contributed by atoms with Gasteiger partial charge < -0.3 is 20.1 Å². The van der Waals surface area contributed by atoms with Gasteiger partial charge >= 0.3 is 0 Å². The zero-order chi connectivity index (χ0) is 25.5. The Bertz CT molecular complexity index is 1340. The molecule has 0 radical (unpaired) electrons. The summed E-state index contributed by atoms with van der Waals surface area (Å²) >= 11 is 7.16. The summed E-state index contributed by atoms with van der Waals surface area (Å²) in [6, 6.07) is 19.9. The molecule has 0 spiro atoms. The number of thioether (sulfide) groups is 1. The van der Waals surface area contributed by atoms with Gasteiger partial charge in [0.15, 0.2) is 23.3 Å². The van der Waals surface area contributed by atoms with Crippen molar-refractivity contribution in [1.29, 1.82) is 0 Å². The Morgan fingerprint density at radius 2 is 1.89 bits per heavy atom. The third kappa shape index (κ3) is 6.90. The Morgan fingerprint density at radius 1 is 1.08 bits per heavy atom. The van der Waals surface area contributed by atoms with Gasteiger partial charge in [-0.3, -0.25) is 9.59 Å². The molecule has 184 valence electrons. The quantitative estimate of drug-likeness (QED) is 0.357. The van der Waals surface area contributed by atoms with Crippen molar-refractivity contribution in [3.05, 3.63) is 87.8 Å². The van der Waals surface area contributed by atoms with E-state index in [2.05, 4.69) is 15.6 Å². The minimum Gasteiger partial charge on any atom is -0.490 e. The van der Waals surface area contributed by atoms with Crippen LogP contribution in [0.25, 0.3) is 6.08 Å². The summed E-state index contributed by atoms with van der Waals surface area (Å²) in [5.41, 5.74) is 3.20. The number of nitrogens with one attached hydrogen (secondary N) is 2. The first kappa shape index (κ1) is 25.3. The predicted octanol–water partition coefficient (Wildman–Crippen LogP) is 5.96. The molecule has 2 amide bonds. The lowest BCUT2D eigenvalue weighted by atomic mass is 10.2. The van der Waals surface area contributed by atoms with Crippen LogP contribution in [0.2, 0.25) is 5.02 Å². The van der Waals surface area contributed by atoms with E-state index in [9.17, 15) is 9.59 Å². The Kier molecular flexibility index (Phi) is 8.30. The van der Waals surface area contributed by atoms with Crippen molar-refractivity contribution in [2.24, 2.45) is 4.99 Å². The molecule has 4 rings (SSSR count). The first-order valence-corrected chi connectivity index (χ1v) is 12.4.